The van der Waals surface area contributed by atoms with Gasteiger partial charge in [-0.25, -0.2) is 4.99 Å². The van der Waals surface area contributed by atoms with Crippen molar-refractivity contribution in [1.82, 2.24) is 15.6 Å². The van der Waals surface area contributed by atoms with Gasteiger partial charge < -0.3 is 14.2 Å². The third-order valence-electron chi connectivity index (χ3n) is 9.45. The summed E-state index contributed by atoms with van der Waals surface area (Å²) in [6, 6.07) is 46.3. The van der Waals surface area contributed by atoms with E-state index in [9.17, 15) is 0 Å². The molecule has 6 nitrogen and oxygen atoms in total. The third-order valence-corrected chi connectivity index (χ3v) is 9.45. The van der Waals surface area contributed by atoms with Gasteiger partial charge in [0.1, 0.15) is 40.5 Å². The van der Waals surface area contributed by atoms with Crippen LogP contribution in [0.2, 0.25) is 0 Å². The number of fused-ring (bicyclic) bond motifs is 7. The maximum Gasteiger partial charge on any atom is 0.138 e. The molecule has 0 amide bonds. The maximum absolute atomic E-state index is 6.29. The molecule has 2 N–H and O–H groups in total. The number of amidine groups is 1. The van der Waals surface area contributed by atoms with Crippen molar-refractivity contribution in [2.24, 2.45) is 4.99 Å². The van der Waals surface area contributed by atoms with Gasteiger partial charge in [-0.15, -0.1) is 0 Å². The fraction of sp³-hybridized carbons (Fsp3) is 0.0476. The second-order valence-corrected chi connectivity index (χ2v) is 12.3. The zero-order chi connectivity index (χ0) is 31.6. The minimum atomic E-state index is -0.329. The van der Waals surface area contributed by atoms with Crippen LogP contribution in [0.4, 0.5) is 0 Å². The Morgan fingerprint density at radius 3 is 2.23 bits per heavy atom. The first-order valence-electron chi connectivity index (χ1n) is 16.1. The molecule has 0 fully saturated rings. The summed E-state index contributed by atoms with van der Waals surface area (Å²) in [5, 5.41) is 14.1. The van der Waals surface area contributed by atoms with Crippen molar-refractivity contribution in [2.75, 3.05) is 0 Å². The van der Waals surface area contributed by atoms with Crippen LogP contribution in [0, 0.1) is 0 Å². The molecule has 0 bridgehead atoms. The molecular formula is C42H28N4O2. The highest BCUT2D eigenvalue weighted by atomic mass is 16.3. The van der Waals surface area contributed by atoms with Crippen molar-refractivity contribution in [3.63, 3.8) is 0 Å². The van der Waals surface area contributed by atoms with E-state index in [1.54, 1.807) is 6.20 Å². The van der Waals surface area contributed by atoms with Crippen LogP contribution in [0.25, 0.3) is 65.8 Å². The van der Waals surface area contributed by atoms with Gasteiger partial charge in [-0.2, -0.15) is 0 Å². The van der Waals surface area contributed by atoms with E-state index in [1.807, 2.05) is 48.7 Å². The number of rotatable bonds is 4. The van der Waals surface area contributed by atoms with Crippen LogP contribution in [0.1, 0.15) is 29.0 Å². The van der Waals surface area contributed by atoms with E-state index < -0.39 is 0 Å². The Hall–Kier alpha value is -6.24. The van der Waals surface area contributed by atoms with E-state index in [-0.39, 0.29) is 12.3 Å². The fourth-order valence-electron chi connectivity index (χ4n) is 7.18. The number of pyridine rings is 1. The number of nitrogens with one attached hydrogen (secondary N) is 2. The molecule has 1 aliphatic rings. The number of aromatic nitrogens is 1. The Morgan fingerprint density at radius 2 is 1.31 bits per heavy atom. The zero-order valence-corrected chi connectivity index (χ0v) is 25.7. The van der Waals surface area contributed by atoms with Crippen molar-refractivity contribution in [3.05, 3.63) is 163 Å². The summed E-state index contributed by atoms with van der Waals surface area (Å²) in [7, 11) is 0. The molecule has 0 spiro atoms. The third kappa shape index (κ3) is 4.31. The summed E-state index contributed by atoms with van der Waals surface area (Å²) in [5.41, 5.74) is 8.86. The van der Waals surface area contributed by atoms with Gasteiger partial charge in [0.25, 0.3) is 0 Å². The second kappa shape index (κ2) is 10.7. The van der Waals surface area contributed by atoms with Crippen LogP contribution in [0.3, 0.4) is 0 Å². The van der Waals surface area contributed by atoms with Gasteiger partial charge in [-0.05, 0) is 63.9 Å². The molecule has 0 aliphatic carbocycles. The predicted molar refractivity (Wildman–Crippen MR) is 193 cm³/mol. The lowest BCUT2D eigenvalue weighted by atomic mass is 9.98. The quantitative estimate of drug-likeness (QED) is 0.205. The number of furan rings is 2. The number of hydrogen-bond acceptors (Lipinski definition) is 6. The summed E-state index contributed by atoms with van der Waals surface area (Å²) in [6.07, 6.45) is 3.03. The Balaban J connectivity index is 1.14. The molecule has 1 aliphatic heterocycles. The summed E-state index contributed by atoms with van der Waals surface area (Å²) >= 11 is 0. The topological polar surface area (TPSA) is 75.6 Å². The lowest BCUT2D eigenvalue weighted by Gasteiger charge is -2.32. The normalized spacial score (nSPS) is 16.5. The number of para-hydroxylation sites is 1. The van der Waals surface area contributed by atoms with Gasteiger partial charge in [0.2, 0.25) is 0 Å². The number of aliphatic imine (C=N–C) groups is 1. The minimum absolute atomic E-state index is 0.269. The molecule has 228 valence electrons. The minimum Gasteiger partial charge on any atom is -0.456 e. The predicted octanol–water partition coefficient (Wildman–Crippen LogP) is 10.0. The lowest BCUT2D eigenvalue weighted by Crippen LogP contribution is -2.45. The highest BCUT2D eigenvalue weighted by Gasteiger charge is 2.29. The van der Waals surface area contributed by atoms with E-state index in [0.29, 0.717) is 0 Å². The van der Waals surface area contributed by atoms with Crippen LogP contribution in [0.5, 0.6) is 0 Å². The summed E-state index contributed by atoms with van der Waals surface area (Å²) in [5.74, 6) is 0.783. The molecule has 9 aromatic rings. The summed E-state index contributed by atoms with van der Waals surface area (Å²) in [4.78, 5) is 9.76. The van der Waals surface area contributed by atoms with Crippen molar-refractivity contribution in [2.45, 2.75) is 12.3 Å². The van der Waals surface area contributed by atoms with Gasteiger partial charge in [0.15, 0.2) is 0 Å². The Kier molecular flexibility index (Phi) is 5.98. The zero-order valence-electron chi connectivity index (χ0n) is 25.7. The highest BCUT2D eigenvalue weighted by molar-refractivity contribution is 6.18. The second-order valence-electron chi connectivity index (χ2n) is 12.3. The molecule has 0 saturated carbocycles. The van der Waals surface area contributed by atoms with E-state index in [2.05, 4.69) is 107 Å². The molecule has 48 heavy (non-hydrogen) atoms. The van der Waals surface area contributed by atoms with Gasteiger partial charge >= 0.3 is 0 Å². The van der Waals surface area contributed by atoms with Crippen LogP contribution in [-0.2, 0) is 0 Å². The number of benzene rings is 6. The first-order chi connectivity index (χ1) is 23.8. The molecule has 2 unspecified atom stereocenters. The maximum atomic E-state index is 6.29. The summed E-state index contributed by atoms with van der Waals surface area (Å²) in [6.45, 7) is 0. The molecule has 6 heteroatoms. The average Bonchev–Trinajstić information content (AvgIpc) is 3.73. The largest absolute Gasteiger partial charge is 0.456 e. The number of hydrogen-bond donors (Lipinski definition) is 2. The smallest absolute Gasteiger partial charge is 0.138 e. The monoisotopic (exact) mass is 620 g/mol. The molecular weight excluding hydrogens is 592 g/mol. The SMILES string of the molecule is c1ccc(-c2ccc3cc(C4N=C(c5cccc6oc7ccncc7c56)NC(c5cccc6oc7ccccc7c56)N4)ccc3c2)cc1. The molecule has 10 rings (SSSR count). The molecule has 6 aromatic carbocycles. The standard InChI is InChI=1S/C42H28N4O2/c1-2-8-25(9-3-1)26-16-17-28-23-29(19-18-27(28)22-26)40-44-41(31-11-6-14-36-38(31)30-10-4-5-13-34(30)47-36)46-42(45-40)32-12-7-15-37-39(32)33-24-43-21-20-35(33)48-37/h1-24,40-41,44H,(H,45,46). The van der Waals surface area contributed by atoms with Crippen LogP contribution in [-0.4, -0.2) is 10.8 Å². The molecule has 0 radical (unpaired) electrons. The van der Waals surface area contributed by atoms with E-state index in [0.717, 1.165) is 71.8 Å². The van der Waals surface area contributed by atoms with Crippen molar-refractivity contribution >= 4 is 60.5 Å². The van der Waals surface area contributed by atoms with Crippen molar-refractivity contribution in [1.29, 1.82) is 0 Å². The Bertz CT molecular complexity index is 2710. The van der Waals surface area contributed by atoms with Crippen LogP contribution < -0.4 is 10.6 Å². The lowest BCUT2D eigenvalue weighted by molar-refractivity contribution is 0.411. The average molecular weight is 621 g/mol. The van der Waals surface area contributed by atoms with Crippen LogP contribution >= 0.6 is 0 Å². The Labute approximate surface area is 275 Å². The fourth-order valence-corrected chi connectivity index (χ4v) is 7.18. The van der Waals surface area contributed by atoms with Crippen molar-refractivity contribution in [3.8, 4) is 11.1 Å². The van der Waals surface area contributed by atoms with E-state index in [1.165, 1.54) is 16.5 Å². The van der Waals surface area contributed by atoms with Crippen molar-refractivity contribution < 1.29 is 8.83 Å². The molecule has 0 saturated heterocycles. The van der Waals surface area contributed by atoms with E-state index in [4.69, 9.17) is 13.8 Å². The molecule has 4 heterocycles. The van der Waals surface area contributed by atoms with E-state index >= 15 is 0 Å². The Morgan fingerprint density at radius 1 is 0.562 bits per heavy atom. The molecule has 3 aromatic heterocycles. The summed E-state index contributed by atoms with van der Waals surface area (Å²) < 4.78 is 12.5. The highest BCUT2D eigenvalue weighted by Crippen LogP contribution is 2.38. The van der Waals surface area contributed by atoms with Gasteiger partial charge in [0, 0.05) is 45.1 Å². The van der Waals surface area contributed by atoms with Gasteiger partial charge in [-0.3, -0.25) is 10.3 Å². The van der Waals surface area contributed by atoms with Gasteiger partial charge in [0.05, 0.1) is 0 Å². The first kappa shape index (κ1) is 26.9. The molecule has 2 atom stereocenters. The van der Waals surface area contributed by atoms with Gasteiger partial charge in [-0.1, -0.05) is 97.1 Å². The number of nitrogens with zero attached hydrogens (tertiary/aromatic N) is 2. The van der Waals surface area contributed by atoms with Crippen LogP contribution in [0.15, 0.2) is 160 Å². The first-order valence-corrected chi connectivity index (χ1v) is 16.1.